The Balaban J connectivity index is 1.88. The van der Waals surface area contributed by atoms with Crippen LogP contribution < -0.4 is 4.74 Å². The van der Waals surface area contributed by atoms with Crippen molar-refractivity contribution in [2.75, 3.05) is 0 Å². The second-order valence-electron chi connectivity index (χ2n) is 4.94. The van der Waals surface area contributed by atoms with E-state index in [1.54, 1.807) is 6.20 Å². The molecule has 0 bridgehead atoms. The smallest absolute Gasteiger partial charge is 0.170 e. The molecule has 18 heavy (non-hydrogen) atoms. The minimum Gasteiger partial charge on any atom is -0.489 e. The van der Waals surface area contributed by atoms with E-state index in [2.05, 4.69) is 12.1 Å². The van der Waals surface area contributed by atoms with Crippen molar-refractivity contribution in [3.8, 4) is 17.1 Å². The lowest BCUT2D eigenvalue weighted by atomic mass is 10.1. The standard InChI is InChI=1S/C15H17NO2/c1-11-5-4-8-13(11)17-14-7-3-2-6-12(14)15-9-10-16-18-15/h2-3,6-7,9-11,13H,4-5,8H2,1H3/t11-,13+/m1/s1. The molecule has 0 spiro atoms. The molecule has 2 atom stereocenters. The Morgan fingerprint density at radius 3 is 2.83 bits per heavy atom. The molecule has 1 fully saturated rings. The monoisotopic (exact) mass is 243 g/mol. The van der Waals surface area contributed by atoms with Gasteiger partial charge in [-0.2, -0.15) is 0 Å². The molecule has 0 amide bonds. The molecule has 1 aromatic heterocycles. The lowest BCUT2D eigenvalue weighted by molar-refractivity contribution is 0.168. The molecule has 3 heteroatoms. The molecule has 94 valence electrons. The average molecular weight is 243 g/mol. The van der Waals surface area contributed by atoms with E-state index in [0.29, 0.717) is 12.0 Å². The molecular formula is C15H17NO2. The number of aromatic nitrogens is 1. The number of rotatable bonds is 3. The topological polar surface area (TPSA) is 35.3 Å². The van der Waals surface area contributed by atoms with Crippen LogP contribution in [0.15, 0.2) is 41.1 Å². The molecule has 0 radical (unpaired) electrons. The van der Waals surface area contributed by atoms with E-state index in [9.17, 15) is 0 Å². The van der Waals surface area contributed by atoms with Crippen LogP contribution in [0.2, 0.25) is 0 Å². The maximum Gasteiger partial charge on any atom is 0.170 e. The Morgan fingerprint density at radius 1 is 1.22 bits per heavy atom. The van der Waals surface area contributed by atoms with Gasteiger partial charge >= 0.3 is 0 Å². The molecule has 2 aromatic rings. The van der Waals surface area contributed by atoms with Gasteiger partial charge in [0.1, 0.15) is 11.9 Å². The Morgan fingerprint density at radius 2 is 2.11 bits per heavy atom. The zero-order valence-corrected chi connectivity index (χ0v) is 10.5. The highest BCUT2D eigenvalue weighted by molar-refractivity contribution is 5.65. The Bertz CT molecular complexity index is 507. The second-order valence-corrected chi connectivity index (χ2v) is 4.94. The van der Waals surface area contributed by atoms with Crippen LogP contribution in [0.4, 0.5) is 0 Å². The Labute approximate surface area is 107 Å². The highest BCUT2D eigenvalue weighted by Crippen LogP contribution is 2.34. The van der Waals surface area contributed by atoms with Crippen LogP contribution in [0, 0.1) is 5.92 Å². The number of benzene rings is 1. The average Bonchev–Trinajstić information content (AvgIpc) is 3.03. The lowest BCUT2D eigenvalue weighted by Gasteiger charge is -2.19. The normalized spacial score (nSPS) is 23.2. The van der Waals surface area contributed by atoms with Crippen LogP contribution in [0.5, 0.6) is 5.75 Å². The largest absolute Gasteiger partial charge is 0.489 e. The van der Waals surface area contributed by atoms with Gasteiger partial charge in [-0.25, -0.2) is 0 Å². The first-order valence-electron chi connectivity index (χ1n) is 6.51. The fraction of sp³-hybridized carbons (Fsp3) is 0.400. The van der Waals surface area contributed by atoms with Crippen molar-refractivity contribution < 1.29 is 9.26 Å². The predicted molar refractivity (Wildman–Crippen MR) is 69.4 cm³/mol. The molecule has 3 rings (SSSR count). The van der Waals surface area contributed by atoms with Gasteiger partial charge in [-0.15, -0.1) is 0 Å². The summed E-state index contributed by atoms with van der Waals surface area (Å²) in [4.78, 5) is 0. The number of ether oxygens (including phenoxy) is 1. The fourth-order valence-corrected chi connectivity index (χ4v) is 2.58. The molecule has 0 saturated heterocycles. The molecule has 1 heterocycles. The third-order valence-electron chi connectivity index (χ3n) is 3.65. The first kappa shape index (κ1) is 11.3. The summed E-state index contributed by atoms with van der Waals surface area (Å²) >= 11 is 0. The lowest BCUT2D eigenvalue weighted by Crippen LogP contribution is -2.19. The van der Waals surface area contributed by atoms with E-state index < -0.39 is 0 Å². The summed E-state index contributed by atoms with van der Waals surface area (Å²) in [6.07, 6.45) is 5.65. The van der Waals surface area contributed by atoms with E-state index in [1.165, 1.54) is 12.8 Å². The summed E-state index contributed by atoms with van der Waals surface area (Å²) in [7, 11) is 0. The van der Waals surface area contributed by atoms with Gasteiger partial charge in [0.05, 0.1) is 11.8 Å². The van der Waals surface area contributed by atoms with Crippen LogP contribution in [0.3, 0.4) is 0 Å². The summed E-state index contributed by atoms with van der Waals surface area (Å²) in [5.74, 6) is 2.29. The third-order valence-corrected chi connectivity index (χ3v) is 3.65. The van der Waals surface area contributed by atoms with Crippen LogP contribution >= 0.6 is 0 Å². The van der Waals surface area contributed by atoms with E-state index in [1.807, 2.05) is 30.3 Å². The van der Waals surface area contributed by atoms with Crippen molar-refractivity contribution >= 4 is 0 Å². The van der Waals surface area contributed by atoms with E-state index in [-0.39, 0.29) is 0 Å². The predicted octanol–water partition coefficient (Wildman–Crippen LogP) is 3.91. The fourth-order valence-electron chi connectivity index (χ4n) is 2.58. The number of nitrogens with zero attached hydrogens (tertiary/aromatic N) is 1. The summed E-state index contributed by atoms with van der Waals surface area (Å²) in [6.45, 7) is 2.26. The van der Waals surface area contributed by atoms with Crippen LogP contribution in [0.1, 0.15) is 26.2 Å². The van der Waals surface area contributed by atoms with E-state index in [4.69, 9.17) is 9.26 Å². The van der Waals surface area contributed by atoms with Crippen molar-refractivity contribution in [3.05, 3.63) is 36.5 Å². The number of hydrogen-bond donors (Lipinski definition) is 0. The summed E-state index contributed by atoms with van der Waals surface area (Å²) in [5, 5.41) is 3.76. The molecule has 0 unspecified atom stereocenters. The van der Waals surface area contributed by atoms with Gasteiger partial charge in [-0.05, 0) is 37.3 Å². The molecule has 1 saturated carbocycles. The van der Waals surface area contributed by atoms with Crippen LogP contribution in [-0.2, 0) is 0 Å². The molecule has 3 nitrogen and oxygen atoms in total. The zero-order valence-electron chi connectivity index (χ0n) is 10.5. The minimum atomic E-state index is 0.328. The van der Waals surface area contributed by atoms with E-state index >= 15 is 0 Å². The molecule has 0 N–H and O–H groups in total. The molecule has 1 aliphatic rings. The minimum absolute atomic E-state index is 0.328. The Kier molecular flexibility index (Phi) is 3.05. The summed E-state index contributed by atoms with van der Waals surface area (Å²) in [5.41, 5.74) is 0.981. The quantitative estimate of drug-likeness (QED) is 0.819. The maximum atomic E-state index is 6.15. The van der Waals surface area contributed by atoms with Gasteiger partial charge in [-0.1, -0.05) is 24.2 Å². The molecular weight excluding hydrogens is 226 g/mol. The van der Waals surface area contributed by atoms with Crippen molar-refractivity contribution in [2.45, 2.75) is 32.3 Å². The van der Waals surface area contributed by atoms with Crippen molar-refractivity contribution in [3.63, 3.8) is 0 Å². The molecule has 1 aliphatic carbocycles. The van der Waals surface area contributed by atoms with Gasteiger partial charge in [0.2, 0.25) is 0 Å². The van der Waals surface area contributed by atoms with Crippen molar-refractivity contribution in [2.24, 2.45) is 5.92 Å². The van der Waals surface area contributed by atoms with Crippen LogP contribution in [0.25, 0.3) is 11.3 Å². The first-order chi connectivity index (χ1) is 8.84. The molecule has 1 aromatic carbocycles. The van der Waals surface area contributed by atoms with Gasteiger partial charge in [0.15, 0.2) is 5.76 Å². The summed E-state index contributed by atoms with van der Waals surface area (Å²) < 4.78 is 11.4. The zero-order chi connectivity index (χ0) is 12.4. The van der Waals surface area contributed by atoms with Crippen LogP contribution in [-0.4, -0.2) is 11.3 Å². The van der Waals surface area contributed by atoms with E-state index in [0.717, 1.165) is 23.5 Å². The summed E-state index contributed by atoms with van der Waals surface area (Å²) in [6, 6.07) is 9.86. The van der Waals surface area contributed by atoms with Crippen molar-refractivity contribution in [1.29, 1.82) is 0 Å². The Hall–Kier alpha value is -1.77. The SMILES string of the molecule is C[C@@H]1CCC[C@@H]1Oc1ccccc1-c1ccno1. The highest BCUT2D eigenvalue weighted by atomic mass is 16.5. The number of hydrogen-bond acceptors (Lipinski definition) is 3. The third kappa shape index (κ3) is 2.13. The highest BCUT2D eigenvalue weighted by Gasteiger charge is 2.26. The van der Waals surface area contributed by atoms with Crippen molar-refractivity contribution in [1.82, 2.24) is 5.16 Å². The van der Waals surface area contributed by atoms with Gasteiger partial charge in [-0.3, -0.25) is 0 Å². The van der Waals surface area contributed by atoms with Gasteiger partial charge < -0.3 is 9.26 Å². The molecule has 0 aliphatic heterocycles. The first-order valence-corrected chi connectivity index (χ1v) is 6.51. The maximum absolute atomic E-state index is 6.15. The van der Waals surface area contributed by atoms with Gasteiger partial charge in [0.25, 0.3) is 0 Å². The van der Waals surface area contributed by atoms with Gasteiger partial charge in [0, 0.05) is 6.07 Å². The number of para-hydroxylation sites is 1. The second kappa shape index (κ2) is 4.84.